The van der Waals surface area contributed by atoms with E-state index in [0.29, 0.717) is 12.5 Å². The highest BCUT2D eigenvalue weighted by Gasteiger charge is 2.50. The largest absolute Gasteiger partial charge is 0.336 e. The zero-order valence-electron chi connectivity index (χ0n) is 16.4. The molecule has 2 saturated heterocycles. The number of hydrogen-bond acceptors (Lipinski definition) is 4. The van der Waals surface area contributed by atoms with E-state index in [2.05, 4.69) is 39.1 Å². The van der Waals surface area contributed by atoms with E-state index in [0.717, 1.165) is 50.4 Å². The first-order valence-corrected chi connectivity index (χ1v) is 10.2. The van der Waals surface area contributed by atoms with Crippen molar-refractivity contribution in [3.63, 3.8) is 0 Å². The first-order valence-electron chi connectivity index (χ1n) is 10.2. The third-order valence-corrected chi connectivity index (χ3v) is 6.26. The summed E-state index contributed by atoms with van der Waals surface area (Å²) in [5.74, 6) is 0.307. The SMILES string of the molecule is O=C1N(Cc2ccccn2)CCC12CCN(Cc1ccc(-n3ccnc3)cc1)C2. The molecule has 148 valence electrons. The van der Waals surface area contributed by atoms with Gasteiger partial charge >= 0.3 is 0 Å². The standard InChI is InChI=1S/C23H25N5O/c29-22-23(9-13-27(22)16-20-3-1-2-10-25-20)8-12-26(17-23)15-19-4-6-21(7-5-19)28-14-11-24-18-28/h1-7,10-11,14,18H,8-9,12-13,15-17H2. The van der Waals surface area contributed by atoms with Gasteiger partial charge in [0.05, 0.1) is 24.0 Å². The maximum Gasteiger partial charge on any atom is 0.230 e. The minimum atomic E-state index is -0.203. The van der Waals surface area contributed by atoms with Crippen LogP contribution in [0.1, 0.15) is 24.1 Å². The van der Waals surface area contributed by atoms with Crippen LogP contribution in [-0.2, 0) is 17.9 Å². The van der Waals surface area contributed by atoms with Gasteiger partial charge < -0.3 is 9.47 Å². The molecule has 29 heavy (non-hydrogen) atoms. The summed E-state index contributed by atoms with van der Waals surface area (Å²) in [6.07, 6.45) is 9.24. The van der Waals surface area contributed by atoms with Crippen molar-refractivity contribution in [2.75, 3.05) is 19.6 Å². The molecule has 6 nitrogen and oxygen atoms in total. The highest BCUT2D eigenvalue weighted by atomic mass is 16.2. The van der Waals surface area contributed by atoms with Crippen LogP contribution in [0.5, 0.6) is 0 Å². The highest BCUT2D eigenvalue weighted by molar-refractivity contribution is 5.85. The molecule has 3 aromatic rings. The van der Waals surface area contributed by atoms with E-state index >= 15 is 0 Å². The van der Waals surface area contributed by atoms with Crippen molar-refractivity contribution in [3.8, 4) is 5.69 Å². The number of nitrogens with zero attached hydrogens (tertiary/aromatic N) is 5. The summed E-state index contributed by atoms with van der Waals surface area (Å²) in [6.45, 7) is 4.18. The number of carbonyl (C=O) groups is 1. The van der Waals surface area contributed by atoms with Gasteiger partial charge in [0.15, 0.2) is 0 Å². The van der Waals surface area contributed by atoms with Crippen molar-refractivity contribution in [2.45, 2.75) is 25.9 Å². The van der Waals surface area contributed by atoms with E-state index in [-0.39, 0.29) is 5.41 Å². The van der Waals surface area contributed by atoms with Crippen molar-refractivity contribution >= 4 is 5.91 Å². The lowest BCUT2D eigenvalue weighted by Gasteiger charge is -2.23. The fourth-order valence-corrected chi connectivity index (χ4v) is 4.65. The van der Waals surface area contributed by atoms with E-state index in [1.807, 2.05) is 40.2 Å². The topological polar surface area (TPSA) is 54.3 Å². The smallest absolute Gasteiger partial charge is 0.230 e. The Kier molecular flexibility index (Phi) is 4.64. The van der Waals surface area contributed by atoms with Crippen LogP contribution in [0.4, 0.5) is 0 Å². The second-order valence-corrected chi connectivity index (χ2v) is 8.18. The quantitative estimate of drug-likeness (QED) is 0.676. The molecule has 5 rings (SSSR count). The van der Waals surface area contributed by atoms with Crippen molar-refractivity contribution in [1.82, 2.24) is 24.3 Å². The summed E-state index contributed by atoms with van der Waals surface area (Å²) in [6, 6.07) is 14.5. The van der Waals surface area contributed by atoms with Gasteiger partial charge in [0.2, 0.25) is 5.91 Å². The molecule has 0 aliphatic carbocycles. The summed E-state index contributed by atoms with van der Waals surface area (Å²) in [4.78, 5) is 26.1. The fourth-order valence-electron chi connectivity index (χ4n) is 4.65. The van der Waals surface area contributed by atoms with E-state index in [4.69, 9.17) is 0 Å². The Hall–Kier alpha value is -2.99. The van der Waals surface area contributed by atoms with Gasteiger partial charge in [-0.05, 0) is 49.2 Å². The number of pyridine rings is 1. The van der Waals surface area contributed by atoms with Crippen LogP contribution in [-0.4, -0.2) is 49.9 Å². The molecule has 4 heterocycles. The summed E-state index contributed by atoms with van der Waals surface area (Å²) in [7, 11) is 0. The Balaban J connectivity index is 1.21. The number of likely N-dealkylation sites (tertiary alicyclic amines) is 2. The number of rotatable bonds is 5. The average molecular weight is 387 g/mol. The molecule has 2 aliphatic rings. The van der Waals surface area contributed by atoms with Gasteiger partial charge in [-0.2, -0.15) is 0 Å². The minimum Gasteiger partial charge on any atom is -0.336 e. The number of hydrogen-bond donors (Lipinski definition) is 0. The normalized spacial score (nSPS) is 22.1. The lowest BCUT2D eigenvalue weighted by Crippen LogP contribution is -2.36. The van der Waals surface area contributed by atoms with Crippen molar-refractivity contribution in [3.05, 3.63) is 78.6 Å². The first-order chi connectivity index (χ1) is 14.2. The zero-order chi connectivity index (χ0) is 19.7. The highest BCUT2D eigenvalue weighted by Crippen LogP contribution is 2.41. The van der Waals surface area contributed by atoms with Gasteiger partial charge in [0.1, 0.15) is 0 Å². The molecule has 0 bridgehead atoms. The molecule has 2 fully saturated rings. The lowest BCUT2D eigenvalue weighted by molar-refractivity contribution is -0.136. The molecule has 1 amide bonds. The number of aromatic nitrogens is 3. The predicted molar refractivity (Wildman–Crippen MR) is 110 cm³/mol. The Bertz CT molecular complexity index is 970. The lowest BCUT2D eigenvalue weighted by atomic mass is 9.85. The Morgan fingerprint density at radius 3 is 2.59 bits per heavy atom. The predicted octanol–water partition coefficient (Wildman–Crippen LogP) is 2.89. The summed E-state index contributed by atoms with van der Waals surface area (Å²) in [5.41, 5.74) is 3.15. The second-order valence-electron chi connectivity index (χ2n) is 8.18. The second kappa shape index (κ2) is 7.44. The molecule has 1 unspecified atom stereocenters. The maximum atomic E-state index is 13.2. The fraction of sp³-hybridized carbons (Fsp3) is 0.348. The van der Waals surface area contributed by atoms with E-state index < -0.39 is 0 Å². The summed E-state index contributed by atoms with van der Waals surface area (Å²) in [5, 5.41) is 0. The van der Waals surface area contributed by atoms with Crippen LogP contribution in [0.15, 0.2) is 67.4 Å². The molecule has 1 aromatic carbocycles. The first kappa shape index (κ1) is 18.1. The average Bonchev–Trinajstić information content (AvgIpc) is 3.48. The van der Waals surface area contributed by atoms with Gasteiger partial charge in [0.25, 0.3) is 0 Å². The Morgan fingerprint density at radius 1 is 0.966 bits per heavy atom. The third kappa shape index (κ3) is 3.56. The van der Waals surface area contributed by atoms with Gasteiger partial charge in [-0.1, -0.05) is 18.2 Å². The monoisotopic (exact) mass is 387 g/mol. The van der Waals surface area contributed by atoms with Crippen molar-refractivity contribution in [1.29, 1.82) is 0 Å². The van der Waals surface area contributed by atoms with Crippen LogP contribution in [0.25, 0.3) is 5.69 Å². The van der Waals surface area contributed by atoms with Gasteiger partial charge in [0, 0.05) is 43.9 Å². The Labute approximate surface area is 170 Å². The number of imidazole rings is 1. The summed E-state index contributed by atoms with van der Waals surface area (Å²) < 4.78 is 2.00. The van der Waals surface area contributed by atoms with Gasteiger partial charge in [-0.3, -0.25) is 14.7 Å². The molecule has 1 spiro atoms. The molecule has 6 heteroatoms. The zero-order valence-corrected chi connectivity index (χ0v) is 16.4. The molecule has 2 aliphatic heterocycles. The van der Waals surface area contributed by atoms with E-state index in [9.17, 15) is 4.79 Å². The number of benzene rings is 1. The van der Waals surface area contributed by atoms with Gasteiger partial charge in [-0.25, -0.2) is 4.98 Å². The number of carbonyl (C=O) groups excluding carboxylic acids is 1. The van der Waals surface area contributed by atoms with Crippen LogP contribution in [0.2, 0.25) is 0 Å². The van der Waals surface area contributed by atoms with E-state index in [1.54, 1.807) is 12.4 Å². The molecular formula is C23H25N5O. The molecule has 1 atom stereocenters. The van der Waals surface area contributed by atoms with Crippen molar-refractivity contribution in [2.24, 2.45) is 5.41 Å². The minimum absolute atomic E-state index is 0.203. The van der Waals surface area contributed by atoms with E-state index in [1.165, 1.54) is 5.56 Å². The van der Waals surface area contributed by atoms with Crippen LogP contribution in [0, 0.1) is 5.41 Å². The molecule has 0 radical (unpaired) electrons. The number of amides is 1. The Morgan fingerprint density at radius 2 is 1.83 bits per heavy atom. The van der Waals surface area contributed by atoms with Crippen LogP contribution in [0.3, 0.4) is 0 Å². The van der Waals surface area contributed by atoms with Gasteiger partial charge in [-0.15, -0.1) is 0 Å². The van der Waals surface area contributed by atoms with Crippen LogP contribution < -0.4 is 0 Å². The third-order valence-electron chi connectivity index (χ3n) is 6.26. The molecule has 2 aromatic heterocycles. The van der Waals surface area contributed by atoms with Crippen molar-refractivity contribution < 1.29 is 4.79 Å². The molecule has 0 N–H and O–H groups in total. The summed E-state index contributed by atoms with van der Waals surface area (Å²) >= 11 is 0. The molecule has 0 saturated carbocycles. The molecular weight excluding hydrogens is 362 g/mol. The van der Waals surface area contributed by atoms with Crippen LogP contribution >= 0.6 is 0 Å². The maximum absolute atomic E-state index is 13.2.